The second kappa shape index (κ2) is 5.50. The Morgan fingerprint density at radius 2 is 2.13 bits per heavy atom. The Morgan fingerprint density at radius 3 is 2.67 bits per heavy atom. The quantitative estimate of drug-likeness (QED) is 0.859. The lowest BCUT2D eigenvalue weighted by molar-refractivity contribution is 0.000404. The third-order valence-corrected chi connectivity index (χ3v) is 3.00. The largest absolute Gasteiger partial charge is 0.390 e. The van der Waals surface area contributed by atoms with E-state index in [0.717, 1.165) is 16.1 Å². The zero-order chi connectivity index (χ0) is 11.4. The minimum absolute atomic E-state index is 0.152. The monoisotopic (exact) mass is 228 g/mol. The number of benzene rings is 1. The number of hydrogen-bond acceptors (Lipinski definition) is 2. The minimum atomic E-state index is -0.476. The lowest BCUT2D eigenvalue weighted by Crippen LogP contribution is -2.26. The number of aryl methyl sites for hydroxylation is 1. The van der Waals surface area contributed by atoms with Crippen LogP contribution < -0.4 is 0 Å². The first-order chi connectivity index (χ1) is 7.04. The molecule has 0 heterocycles. The number of methoxy groups -OCH3 is 1. The predicted molar refractivity (Wildman–Crippen MR) is 62.4 cm³/mol. The molecule has 0 radical (unpaired) electrons. The van der Waals surface area contributed by atoms with Crippen molar-refractivity contribution in [2.45, 2.75) is 32.5 Å². The first kappa shape index (κ1) is 12.5. The topological polar surface area (TPSA) is 29.5 Å². The number of ether oxygens (including phenoxy) is 1. The highest BCUT2D eigenvalue weighted by Crippen LogP contribution is 2.18. The zero-order valence-corrected chi connectivity index (χ0v) is 10.1. The lowest BCUT2D eigenvalue weighted by Gasteiger charge is -2.17. The van der Waals surface area contributed by atoms with E-state index in [4.69, 9.17) is 16.3 Å². The molecule has 2 nitrogen and oxygen atoms in total. The van der Waals surface area contributed by atoms with E-state index in [-0.39, 0.29) is 6.10 Å². The van der Waals surface area contributed by atoms with Crippen LogP contribution in [0.4, 0.5) is 0 Å². The zero-order valence-electron chi connectivity index (χ0n) is 9.33. The van der Waals surface area contributed by atoms with E-state index in [1.54, 1.807) is 7.11 Å². The number of hydrogen-bond donors (Lipinski definition) is 1. The van der Waals surface area contributed by atoms with Gasteiger partial charge in [-0.2, -0.15) is 0 Å². The lowest BCUT2D eigenvalue weighted by atomic mass is 10.0. The van der Waals surface area contributed by atoms with Crippen molar-refractivity contribution in [2.24, 2.45) is 0 Å². The molecule has 1 aromatic rings. The van der Waals surface area contributed by atoms with Crippen molar-refractivity contribution in [3.8, 4) is 0 Å². The van der Waals surface area contributed by atoms with Gasteiger partial charge in [0.25, 0.3) is 0 Å². The average Bonchev–Trinajstić information content (AvgIpc) is 2.22. The summed E-state index contributed by atoms with van der Waals surface area (Å²) in [5.41, 5.74) is 2.11. The third kappa shape index (κ3) is 3.49. The summed E-state index contributed by atoms with van der Waals surface area (Å²) in [6, 6.07) is 5.78. The summed E-state index contributed by atoms with van der Waals surface area (Å²) < 4.78 is 5.06. The van der Waals surface area contributed by atoms with E-state index in [1.165, 1.54) is 0 Å². The van der Waals surface area contributed by atoms with Gasteiger partial charge in [0.15, 0.2) is 0 Å². The van der Waals surface area contributed by atoms with Crippen molar-refractivity contribution in [1.29, 1.82) is 0 Å². The molecule has 0 aliphatic carbocycles. The maximum Gasteiger partial charge on any atom is 0.0839 e. The van der Waals surface area contributed by atoms with E-state index in [0.29, 0.717) is 6.42 Å². The highest BCUT2D eigenvalue weighted by atomic mass is 35.5. The van der Waals surface area contributed by atoms with Crippen LogP contribution in [-0.4, -0.2) is 24.4 Å². The third-order valence-electron chi connectivity index (χ3n) is 2.58. The summed E-state index contributed by atoms with van der Waals surface area (Å²) in [5.74, 6) is 0. The molecule has 0 bridgehead atoms. The summed E-state index contributed by atoms with van der Waals surface area (Å²) in [5, 5.41) is 10.5. The maximum absolute atomic E-state index is 9.77. The average molecular weight is 229 g/mol. The Bertz CT molecular complexity index is 325. The molecule has 1 aromatic carbocycles. The van der Waals surface area contributed by atoms with Gasteiger partial charge in [0.1, 0.15) is 0 Å². The van der Waals surface area contributed by atoms with Crippen LogP contribution in [0, 0.1) is 6.92 Å². The molecular formula is C12H17ClO2. The SMILES string of the molecule is COC(C)C(O)Cc1ccc(Cl)c(C)c1. The second-order valence-corrected chi connectivity index (χ2v) is 4.20. The van der Waals surface area contributed by atoms with Crippen molar-refractivity contribution in [3.05, 3.63) is 34.3 Å². The standard InChI is InChI=1S/C12H17ClO2/c1-8-6-10(4-5-11(8)13)7-12(14)9(2)15-3/h4-6,9,12,14H,7H2,1-3H3. The molecule has 0 spiro atoms. The van der Waals surface area contributed by atoms with E-state index in [9.17, 15) is 5.11 Å². The van der Waals surface area contributed by atoms with Gasteiger partial charge in [0, 0.05) is 18.6 Å². The summed E-state index contributed by atoms with van der Waals surface area (Å²) in [6.45, 7) is 3.81. The Balaban J connectivity index is 2.68. The Labute approximate surface area is 95.8 Å². The fourth-order valence-corrected chi connectivity index (χ4v) is 1.52. The van der Waals surface area contributed by atoms with Crippen LogP contribution in [0.2, 0.25) is 5.02 Å². The van der Waals surface area contributed by atoms with Crippen molar-refractivity contribution >= 4 is 11.6 Å². The number of aliphatic hydroxyl groups is 1. The molecule has 15 heavy (non-hydrogen) atoms. The van der Waals surface area contributed by atoms with Crippen LogP contribution in [-0.2, 0) is 11.2 Å². The van der Waals surface area contributed by atoms with Crippen LogP contribution in [0.1, 0.15) is 18.1 Å². The van der Waals surface area contributed by atoms with Gasteiger partial charge < -0.3 is 9.84 Å². The van der Waals surface area contributed by atoms with Gasteiger partial charge in [0.05, 0.1) is 12.2 Å². The van der Waals surface area contributed by atoms with Crippen LogP contribution in [0.3, 0.4) is 0 Å². The normalized spacial score (nSPS) is 15.0. The maximum atomic E-state index is 9.77. The summed E-state index contributed by atoms with van der Waals surface area (Å²) in [7, 11) is 1.60. The van der Waals surface area contributed by atoms with Crippen molar-refractivity contribution in [1.82, 2.24) is 0 Å². The van der Waals surface area contributed by atoms with Gasteiger partial charge in [-0.25, -0.2) is 0 Å². The van der Waals surface area contributed by atoms with Gasteiger partial charge in [-0.1, -0.05) is 23.7 Å². The first-order valence-electron chi connectivity index (χ1n) is 5.00. The Morgan fingerprint density at radius 1 is 1.47 bits per heavy atom. The minimum Gasteiger partial charge on any atom is -0.390 e. The molecule has 2 atom stereocenters. The van der Waals surface area contributed by atoms with Crippen molar-refractivity contribution < 1.29 is 9.84 Å². The van der Waals surface area contributed by atoms with Crippen molar-refractivity contribution in [2.75, 3.05) is 7.11 Å². The van der Waals surface area contributed by atoms with Crippen molar-refractivity contribution in [3.63, 3.8) is 0 Å². The van der Waals surface area contributed by atoms with E-state index in [1.807, 2.05) is 32.0 Å². The molecule has 1 rings (SSSR count). The van der Waals surface area contributed by atoms with Crippen LogP contribution in [0.5, 0.6) is 0 Å². The van der Waals surface area contributed by atoms with Gasteiger partial charge in [-0.3, -0.25) is 0 Å². The van der Waals surface area contributed by atoms with Gasteiger partial charge in [-0.15, -0.1) is 0 Å². The fraction of sp³-hybridized carbons (Fsp3) is 0.500. The summed E-state index contributed by atoms with van der Waals surface area (Å²) in [6.07, 6.45) is -0.0379. The molecule has 0 saturated heterocycles. The molecule has 0 amide bonds. The molecule has 0 saturated carbocycles. The highest BCUT2D eigenvalue weighted by Gasteiger charge is 2.13. The Kier molecular flexibility index (Phi) is 4.58. The first-order valence-corrected chi connectivity index (χ1v) is 5.38. The molecule has 2 unspecified atom stereocenters. The van der Waals surface area contributed by atoms with E-state index >= 15 is 0 Å². The molecule has 0 fully saturated rings. The van der Waals surface area contributed by atoms with Crippen LogP contribution in [0.25, 0.3) is 0 Å². The summed E-state index contributed by atoms with van der Waals surface area (Å²) >= 11 is 5.92. The number of halogens is 1. The predicted octanol–water partition coefficient (Wildman–Crippen LogP) is 2.59. The molecule has 3 heteroatoms. The summed E-state index contributed by atoms with van der Waals surface area (Å²) in [4.78, 5) is 0. The Hall–Kier alpha value is -0.570. The highest BCUT2D eigenvalue weighted by molar-refractivity contribution is 6.31. The second-order valence-electron chi connectivity index (χ2n) is 3.80. The van der Waals surface area contributed by atoms with Gasteiger partial charge in [-0.05, 0) is 31.0 Å². The van der Waals surface area contributed by atoms with Crippen LogP contribution in [0.15, 0.2) is 18.2 Å². The molecule has 0 aliphatic heterocycles. The van der Waals surface area contributed by atoms with E-state index in [2.05, 4.69) is 0 Å². The smallest absolute Gasteiger partial charge is 0.0839 e. The van der Waals surface area contributed by atoms with E-state index < -0.39 is 6.10 Å². The van der Waals surface area contributed by atoms with Gasteiger partial charge >= 0.3 is 0 Å². The van der Waals surface area contributed by atoms with Crippen LogP contribution >= 0.6 is 11.6 Å². The number of rotatable bonds is 4. The fourth-order valence-electron chi connectivity index (χ4n) is 1.40. The molecule has 1 N–H and O–H groups in total. The molecular weight excluding hydrogens is 212 g/mol. The molecule has 0 aliphatic rings. The van der Waals surface area contributed by atoms with Gasteiger partial charge in [0.2, 0.25) is 0 Å². The molecule has 0 aromatic heterocycles. The molecule has 84 valence electrons. The number of aliphatic hydroxyl groups excluding tert-OH is 1.